The van der Waals surface area contributed by atoms with E-state index in [9.17, 15) is 4.79 Å². The van der Waals surface area contributed by atoms with Gasteiger partial charge in [-0.05, 0) is 12.8 Å². The number of carbonyl (C=O) groups is 1. The Morgan fingerprint density at radius 1 is 1.00 bits per heavy atom. The summed E-state index contributed by atoms with van der Waals surface area (Å²) in [5.74, 6) is 1.01. The van der Waals surface area contributed by atoms with Gasteiger partial charge in [0.15, 0.2) is 0 Å². The third kappa shape index (κ3) is 3.89. The van der Waals surface area contributed by atoms with Crippen LogP contribution in [-0.2, 0) is 4.79 Å². The third-order valence-electron chi connectivity index (χ3n) is 2.41. The Kier molecular flexibility index (Phi) is 6.04. The number of carbonyl (C=O) groups excluding carboxylic acids is 1. The standard InChI is InChI=1S/C11H22O/c1-5-7-9(3)11(12)10(4)8-6-2/h9-10H,5-8H2,1-4H3/t9-,10+. The number of ketones is 1. The Hall–Kier alpha value is -0.330. The van der Waals surface area contributed by atoms with Crippen LogP contribution in [0.1, 0.15) is 53.4 Å². The van der Waals surface area contributed by atoms with Crippen molar-refractivity contribution in [3.63, 3.8) is 0 Å². The van der Waals surface area contributed by atoms with Gasteiger partial charge in [-0.15, -0.1) is 0 Å². The van der Waals surface area contributed by atoms with Crippen molar-refractivity contribution in [1.29, 1.82) is 0 Å². The van der Waals surface area contributed by atoms with Crippen molar-refractivity contribution in [3.8, 4) is 0 Å². The van der Waals surface area contributed by atoms with E-state index in [0.717, 1.165) is 25.7 Å². The Morgan fingerprint density at radius 2 is 1.33 bits per heavy atom. The molecule has 0 aliphatic heterocycles. The highest BCUT2D eigenvalue weighted by atomic mass is 16.1. The topological polar surface area (TPSA) is 17.1 Å². The Morgan fingerprint density at radius 3 is 1.58 bits per heavy atom. The summed E-state index contributed by atoms with van der Waals surface area (Å²) in [4.78, 5) is 11.6. The molecule has 1 nitrogen and oxygen atoms in total. The largest absolute Gasteiger partial charge is 0.299 e. The van der Waals surface area contributed by atoms with Gasteiger partial charge >= 0.3 is 0 Å². The van der Waals surface area contributed by atoms with Crippen molar-refractivity contribution in [2.24, 2.45) is 11.8 Å². The summed E-state index contributed by atoms with van der Waals surface area (Å²) in [6.07, 6.45) is 4.33. The van der Waals surface area contributed by atoms with Crippen molar-refractivity contribution in [1.82, 2.24) is 0 Å². The molecule has 0 aromatic rings. The summed E-state index contributed by atoms with van der Waals surface area (Å²) in [6.45, 7) is 8.37. The average Bonchev–Trinajstić information content (AvgIpc) is 2.04. The zero-order chi connectivity index (χ0) is 9.56. The maximum Gasteiger partial charge on any atom is 0.138 e. The van der Waals surface area contributed by atoms with Crippen LogP contribution in [0, 0.1) is 11.8 Å². The summed E-state index contributed by atoms with van der Waals surface area (Å²) < 4.78 is 0. The fraction of sp³-hybridized carbons (Fsp3) is 0.909. The average molecular weight is 170 g/mol. The first-order valence-electron chi connectivity index (χ1n) is 5.17. The Labute approximate surface area is 76.6 Å². The second-order valence-electron chi connectivity index (χ2n) is 3.78. The molecule has 0 aromatic carbocycles. The van der Waals surface area contributed by atoms with Crippen molar-refractivity contribution >= 4 is 5.78 Å². The third-order valence-corrected chi connectivity index (χ3v) is 2.41. The second kappa shape index (κ2) is 6.22. The first kappa shape index (κ1) is 11.7. The minimum absolute atomic E-state index is 0.275. The van der Waals surface area contributed by atoms with Gasteiger partial charge in [0, 0.05) is 11.8 Å². The lowest BCUT2D eigenvalue weighted by atomic mass is 9.89. The molecule has 0 amide bonds. The molecule has 0 unspecified atom stereocenters. The molecular formula is C11H22O. The highest BCUT2D eigenvalue weighted by molar-refractivity contribution is 5.82. The zero-order valence-electron chi connectivity index (χ0n) is 8.89. The maximum atomic E-state index is 11.6. The van der Waals surface area contributed by atoms with Crippen molar-refractivity contribution in [3.05, 3.63) is 0 Å². The number of hydrogen-bond acceptors (Lipinski definition) is 1. The summed E-state index contributed by atoms with van der Waals surface area (Å²) >= 11 is 0. The van der Waals surface area contributed by atoms with Crippen LogP contribution in [0.4, 0.5) is 0 Å². The van der Waals surface area contributed by atoms with Gasteiger partial charge in [0.05, 0.1) is 0 Å². The van der Waals surface area contributed by atoms with Crippen LogP contribution in [0.15, 0.2) is 0 Å². The SMILES string of the molecule is CCC[C@@H](C)C(=O)[C@@H](C)CCC. The zero-order valence-corrected chi connectivity index (χ0v) is 8.89. The summed E-state index contributed by atoms with van der Waals surface area (Å²) in [7, 11) is 0. The van der Waals surface area contributed by atoms with E-state index in [1.54, 1.807) is 0 Å². The summed E-state index contributed by atoms with van der Waals surface area (Å²) in [6, 6.07) is 0. The molecule has 0 spiro atoms. The van der Waals surface area contributed by atoms with Crippen LogP contribution in [0.25, 0.3) is 0 Å². The molecule has 0 aromatic heterocycles. The number of rotatable bonds is 6. The van der Waals surface area contributed by atoms with Crippen LogP contribution in [0.3, 0.4) is 0 Å². The first-order valence-corrected chi connectivity index (χ1v) is 5.17. The summed E-state index contributed by atoms with van der Waals surface area (Å²) in [5.41, 5.74) is 0. The van der Waals surface area contributed by atoms with Gasteiger partial charge in [0.1, 0.15) is 5.78 Å². The Balaban J connectivity index is 3.82. The molecule has 0 radical (unpaired) electrons. The lowest BCUT2D eigenvalue weighted by Gasteiger charge is -2.14. The van der Waals surface area contributed by atoms with E-state index in [4.69, 9.17) is 0 Å². The smallest absolute Gasteiger partial charge is 0.138 e. The van der Waals surface area contributed by atoms with E-state index in [1.807, 2.05) is 0 Å². The molecule has 0 saturated carbocycles. The van der Waals surface area contributed by atoms with Crippen molar-refractivity contribution in [2.45, 2.75) is 53.4 Å². The fourth-order valence-electron chi connectivity index (χ4n) is 1.64. The molecular weight excluding hydrogens is 148 g/mol. The normalized spacial score (nSPS) is 15.7. The quantitative estimate of drug-likeness (QED) is 0.597. The molecule has 0 N–H and O–H groups in total. The maximum absolute atomic E-state index is 11.6. The van der Waals surface area contributed by atoms with Gasteiger partial charge < -0.3 is 0 Å². The molecule has 0 aliphatic rings. The van der Waals surface area contributed by atoms with Crippen LogP contribution in [-0.4, -0.2) is 5.78 Å². The van der Waals surface area contributed by atoms with Gasteiger partial charge in [-0.25, -0.2) is 0 Å². The monoisotopic (exact) mass is 170 g/mol. The summed E-state index contributed by atoms with van der Waals surface area (Å²) in [5, 5.41) is 0. The number of Topliss-reactive ketones (excluding diaryl/α,β-unsaturated/α-hetero) is 1. The van der Waals surface area contributed by atoms with E-state index in [0.29, 0.717) is 5.78 Å². The van der Waals surface area contributed by atoms with Gasteiger partial charge in [-0.2, -0.15) is 0 Å². The Bertz CT molecular complexity index is 115. The van der Waals surface area contributed by atoms with E-state index >= 15 is 0 Å². The van der Waals surface area contributed by atoms with Gasteiger partial charge in [0.2, 0.25) is 0 Å². The van der Waals surface area contributed by atoms with Gasteiger partial charge in [-0.1, -0.05) is 40.5 Å². The predicted molar refractivity (Wildman–Crippen MR) is 53.2 cm³/mol. The predicted octanol–water partition coefficient (Wildman–Crippen LogP) is 3.43. The van der Waals surface area contributed by atoms with Crippen LogP contribution in [0.5, 0.6) is 0 Å². The van der Waals surface area contributed by atoms with Gasteiger partial charge in [0.25, 0.3) is 0 Å². The molecule has 0 saturated heterocycles. The molecule has 2 atom stereocenters. The fourth-order valence-corrected chi connectivity index (χ4v) is 1.64. The highest BCUT2D eigenvalue weighted by Gasteiger charge is 2.17. The lowest BCUT2D eigenvalue weighted by molar-refractivity contribution is -0.126. The highest BCUT2D eigenvalue weighted by Crippen LogP contribution is 2.16. The van der Waals surface area contributed by atoms with Crippen molar-refractivity contribution < 1.29 is 4.79 Å². The van der Waals surface area contributed by atoms with E-state index in [-0.39, 0.29) is 11.8 Å². The van der Waals surface area contributed by atoms with E-state index < -0.39 is 0 Å². The van der Waals surface area contributed by atoms with Gasteiger partial charge in [-0.3, -0.25) is 4.79 Å². The molecule has 0 heterocycles. The van der Waals surface area contributed by atoms with E-state index in [1.165, 1.54) is 0 Å². The lowest BCUT2D eigenvalue weighted by Crippen LogP contribution is -2.19. The second-order valence-corrected chi connectivity index (χ2v) is 3.78. The molecule has 12 heavy (non-hydrogen) atoms. The molecule has 0 bridgehead atoms. The van der Waals surface area contributed by atoms with Crippen LogP contribution >= 0.6 is 0 Å². The number of hydrogen-bond donors (Lipinski definition) is 0. The minimum atomic E-state index is 0.275. The van der Waals surface area contributed by atoms with Crippen LogP contribution in [0.2, 0.25) is 0 Å². The minimum Gasteiger partial charge on any atom is -0.299 e. The molecule has 0 aliphatic carbocycles. The molecule has 0 rings (SSSR count). The molecule has 0 fully saturated rings. The van der Waals surface area contributed by atoms with E-state index in [2.05, 4.69) is 27.7 Å². The van der Waals surface area contributed by atoms with Crippen LogP contribution < -0.4 is 0 Å². The first-order chi connectivity index (χ1) is 5.63. The molecule has 72 valence electrons. The molecule has 1 heteroatoms. The van der Waals surface area contributed by atoms with Crippen molar-refractivity contribution in [2.75, 3.05) is 0 Å².